The predicted molar refractivity (Wildman–Crippen MR) is 103 cm³/mol. The molecule has 2 saturated heterocycles. The Morgan fingerprint density at radius 2 is 2.04 bits per heavy atom. The number of nitrogens with one attached hydrogen (secondary N) is 1. The van der Waals surface area contributed by atoms with Crippen LogP contribution in [0.1, 0.15) is 31.2 Å². The first-order valence-corrected chi connectivity index (χ1v) is 9.96. The fourth-order valence-electron chi connectivity index (χ4n) is 4.18. The number of benzene rings is 1. The SMILES string of the molecule is O=C(CCCc1c[nH]c2ccccc12)N1CCN(CC2CCCO2)CC1. The van der Waals surface area contributed by atoms with Crippen molar-refractivity contribution in [2.45, 2.75) is 38.2 Å². The lowest BCUT2D eigenvalue weighted by Crippen LogP contribution is -2.50. The van der Waals surface area contributed by atoms with Crippen molar-refractivity contribution in [3.05, 3.63) is 36.0 Å². The number of hydrogen-bond donors (Lipinski definition) is 1. The van der Waals surface area contributed by atoms with Gasteiger partial charge < -0.3 is 14.6 Å². The Hall–Kier alpha value is -1.85. The van der Waals surface area contributed by atoms with E-state index in [0.717, 1.165) is 52.2 Å². The van der Waals surface area contributed by atoms with E-state index in [1.54, 1.807) is 0 Å². The second kappa shape index (κ2) is 8.23. The van der Waals surface area contributed by atoms with Gasteiger partial charge in [-0.3, -0.25) is 9.69 Å². The third kappa shape index (κ3) is 4.10. The molecular weight excluding hydrogens is 326 g/mol. The highest BCUT2D eigenvalue weighted by atomic mass is 16.5. The molecule has 1 aromatic heterocycles. The number of carbonyl (C=O) groups is 1. The number of H-pyrrole nitrogens is 1. The number of aryl methyl sites for hydroxylation is 1. The minimum Gasteiger partial charge on any atom is -0.377 e. The smallest absolute Gasteiger partial charge is 0.222 e. The summed E-state index contributed by atoms with van der Waals surface area (Å²) in [6.07, 6.45) is 7.39. The number of aromatic nitrogens is 1. The van der Waals surface area contributed by atoms with E-state index in [0.29, 0.717) is 18.4 Å². The minimum atomic E-state index is 0.307. The lowest BCUT2D eigenvalue weighted by atomic mass is 10.1. The molecule has 0 radical (unpaired) electrons. The van der Waals surface area contributed by atoms with Crippen molar-refractivity contribution >= 4 is 16.8 Å². The summed E-state index contributed by atoms with van der Waals surface area (Å²) < 4.78 is 5.72. The average molecular weight is 355 g/mol. The van der Waals surface area contributed by atoms with Gasteiger partial charge in [0.15, 0.2) is 0 Å². The molecule has 26 heavy (non-hydrogen) atoms. The molecule has 0 aliphatic carbocycles. The van der Waals surface area contributed by atoms with Crippen LogP contribution < -0.4 is 0 Å². The summed E-state index contributed by atoms with van der Waals surface area (Å²) >= 11 is 0. The maximum absolute atomic E-state index is 12.5. The van der Waals surface area contributed by atoms with Crippen LogP contribution in [0.4, 0.5) is 0 Å². The highest BCUT2D eigenvalue weighted by Crippen LogP contribution is 2.20. The third-order valence-electron chi connectivity index (χ3n) is 5.72. The summed E-state index contributed by atoms with van der Waals surface area (Å²) in [6.45, 7) is 5.63. The number of nitrogens with zero attached hydrogens (tertiary/aromatic N) is 2. The Labute approximate surface area is 155 Å². The first-order chi connectivity index (χ1) is 12.8. The number of aromatic amines is 1. The quantitative estimate of drug-likeness (QED) is 0.867. The van der Waals surface area contributed by atoms with Gasteiger partial charge in [-0.15, -0.1) is 0 Å². The van der Waals surface area contributed by atoms with Gasteiger partial charge in [0.25, 0.3) is 0 Å². The summed E-state index contributed by atoms with van der Waals surface area (Å²) in [5.74, 6) is 0.307. The number of para-hydroxylation sites is 1. The Kier molecular flexibility index (Phi) is 5.56. The van der Waals surface area contributed by atoms with Crippen LogP contribution in [0.5, 0.6) is 0 Å². The Morgan fingerprint density at radius 3 is 2.85 bits per heavy atom. The van der Waals surface area contributed by atoms with Crippen LogP contribution in [0.25, 0.3) is 10.9 Å². The monoisotopic (exact) mass is 355 g/mol. The molecule has 1 aromatic carbocycles. The van der Waals surface area contributed by atoms with Crippen molar-refractivity contribution in [3.8, 4) is 0 Å². The van der Waals surface area contributed by atoms with Gasteiger partial charge in [-0.05, 0) is 37.3 Å². The molecule has 2 aromatic rings. The zero-order valence-corrected chi connectivity index (χ0v) is 15.5. The van der Waals surface area contributed by atoms with Crippen LogP contribution in [0.2, 0.25) is 0 Å². The van der Waals surface area contributed by atoms with Crippen LogP contribution in [0, 0.1) is 0 Å². The lowest BCUT2D eigenvalue weighted by Gasteiger charge is -2.35. The predicted octanol–water partition coefficient (Wildman–Crippen LogP) is 2.81. The van der Waals surface area contributed by atoms with E-state index >= 15 is 0 Å². The van der Waals surface area contributed by atoms with Crippen LogP contribution >= 0.6 is 0 Å². The molecule has 0 spiro atoms. The molecule has 1 unspecified atom stereocenters. The number of piperazine rings is 1. The molecule has 5 nitrogen and oxygen atoms in total. The van der Waals surface area contributed by atoms with Gasteiger partial charge >= 0.3 is 0 Å². The fourth-order valence-corrected chi connectivity index (χ4v) is 4.18. The topological polar surface area (TPSA) is 48.6 Å². The zero-order chi connectivity index (χ0) is 17.8. The van der Waals surface area contributed by atoms with Gasteiger partial charge in [-0.1, -0.05) is 18.2 Å². The Morgan fingerprint density at radius 1 is 1.19 bits per heavy atom. The third-order valence-corrected chi connectivity index (χ3v) is 5.72. The van der Waals surface area contributed by atoms with Crippen molar-refractivity contribution in [1.29, 1.82) is 0 Å². The summed E-state index contributed by atoms with van der Waals surface area (Å²) in [5, 5.41) is 1.28. The fraction of sp³-hybridized carbons (Fsp3) is 0.571. The molecule has 2 fully saturated rings. The largest absolute Gasteiger partial charge is 0.377 e. The first kappa shape index (κ1) is 17.6. The Bertz CT molecular complexity index is 728. The van der Waals surface area contributed by atoms with Crippen LogP contribution in [0.3, 0.4) is 0 Å². The molecule has 5 heteroatoms. The number of carbonyl (C=O) groups excluding carboxylic acids is 1. The number of amides is 1. The van der Waals surface area contributed by atoms with Gasteiger partial charge in [0.1, 0.15) is 0 Å². The van der Waals surface area contributed by atoms with Gasteiger partial charge in [0.05, 0.1) is 6.10 Å². The van der Waals surface area contributed by atoms with Crippen molar-refractivity contribution < 1.29 is 9.53 Å². The van der Waals surface area contributed by atoms with Crippen LogP contribution in [-0.2, 0) is 16.0 Å². The summed E-state index contributed by atoms with van der Waals surface area (Å²) in [4.78, 5) is 20.3. The maximum atomic E-state index is 12.5. The minimum absolute atomic E-state index is 0.307. The molecule has 0 bridgehead atoms. The van der Waals surface area contributed by atoms with Gasteiger partial charge in [-0.25, -0.2) is 0 Å². The second-order valence-electron chi connectivity index (χ2n) is 7.53. The van der Waals surface area contributed by atoms with Crippen molar-refractivity contribution in [2.75, 3.05) is 39.3 Å². The first-order valence-electron chi connectivity index (χ1n) is 9.96. The van der Waals surface area contributed by atoms with Gasteiger partial charge in [0, 0.05) is 62.9 Å². The molecule has 3 heterocycles. The molecule has 1 N–H and O–H groups in total. The lowest BCUT2D eigenvalue weighted by molar-refractivity contribution is -0.133. The van der Waals surface area contributed by atoms with Gasteiger partial charge in [0.2, 0.25) is 5.91 Å². The van der Waals surface area contributed by atoms with Crippen LogP contribution in [-0.4, -0.2) is 66.1 Å². The molecule has 0 saturated carbocycles. The molecule has 2 aliphatic rings. The molecule has 140 valence electrons. The van der Waals surface area contributed by atoms with E-state index in [1.807, 2.05) is 11.0 Å². The molecule has 1 amide bonds. The van der Waals surface area contributed by atoms with Crippen LogP contribution in [0.15, 0.2) is 30.5 Å². The van der Waals surface area contributed by atoms with Crippen molar-refractivity contribution in [1.82, 2.24) is 14.8 Å². The van der Waals surface area contributed by atoms with E-state index < -0.39 is 0 Å². The number of ether oxygens (including phenoxy) is 1. The number of hydrogen-bond acceptors (Lipinski definition) is 3. The normalized spacial score (nSPS) is 21.5. The average Bonchev–Trinajstić information content (AvgIpc) is 3.32. The van der Waals surface area contributed by atoms with E-state index in [4.69, 9.17) is 4.74 Å². The second-order valence-corrected chi connectivity index (χ2v) is 7.53. The van der Waals surface area contributed by atoms with Gasteiger partial charge in [-0.2, -0.15) is 0 Å². The zero-order valence-electron chi connectivity index (χ0n) is 15.5. The van der Waals surface area contributed by atoms with E-state index in [2.05, 4.69) is 34.3 Å². The standard InChI is InChI=1S/C21H29N3O2/c25-21(9-3-5-17-15-22-20-8-2-1-7-19(17)20)24-12-10-23(11-13-24)16-18-6-4-14-26-18/h1-2,7-8,15,18,22H,3-6,9-14,16H2. The highest BCUT2D eigenvalue weighted by Gasteiger charge is 2.24. The van der Waals surface area contributed by atoms with E-state index in [-0.39, 0.29) is 0 Å². The summed E-state index contributed by atoms with van der Waals surface area (Å²) in [7, 11) is 0. The summed E-state index contributed by atoms with van der Waals surface area (Å²) in [5.41, 5.74) is 2.49. The summed E-state index contributed by atoms with van der Waals surface area (Å²) in [6, 6.07) is 8.36. The molecule has 2 aliphatic heterocycles. The number of fused-ring (bicyclic) bond motifs is 1. The molecule has 1 atom stereocenters. The highest BCUT2D eigenvalue weighted by molar-refractivity contribution is 5.83. The molecule has 4 rings (SSSR count). The van der Waals surface area contributed by atoms with Crippen molar-refractivity contribution in [2.24, 2.45) is 0 Å². The Balaban J connectivity index is 1.19. The van der Waals surface area contributed by atoms with E-state index in [1.165, 1.54) is 29.3 Å². The maximum Gasteiger partial charge on any atom is 0.222 e. The van der Waals surface area contributed by atoms with E-state index in [9.17, 15) is 4.79 Å². The van der Waals surface area contributed by atoms with Crippen molar-refractivity contribution in [3.63, 3.8) is 0 Å². The molecular formula is C21H29N3O2. The number of rotatable bonds is 6.